The first kappa shape index (κ1) is 13.9. The van der Waals surface area contributed by atoms with Crippen LogP contribution in [-0.4, -0.2) is 16.9 Å². The van der Waals surface area contributed by atoms with Crippen LogP contribution in [0.3, 0.4) is 0 Å². The molecule has 3 nitrogen and oxygen atoms in total. The van der Waals surface area contributed by atoms with Gasteiger partial charge in [0.2, 0.25) is 0 Å². The first-order valence-corrected chi connectivity index (χ1v) is 5.58. The molecule has 0 aliphatic carbocycles. The third-order valence-corrected chi connectivity index (χ3v) is 2.16. The van der Waals surface area contributed by atoms with Gasteiger partial charge in [-0.1, -0.05) is 26.7 Å². The molecule has 0 spiro atoms. The van der Waals surface area contributed by atoms with E-state index in [0.717, 1.165) is 25.7 Å². The molecule has 3 heteroatoms. The van der Waals surface area contributed by atoms with Gasteiger partial charge in [-0.25, -0.2) is 4.79 Å². The van der Waals surface area contributed by atoms with Gasteiger partial charge in [-0.15, -0.1) is 0 Å². The topological polar surface area (TPSA) is 54.4 Å². The number of carbonyl (C=O) groups is 2. The zero-order valence-electron chi connectivity index (χ0n) is 9.58. The lowest BCUT2D eigenvalue weighted by Gasteiger charge is -2.01. The molecule has 0 heterocycles. The number of carbonyl (C=O) groups excluding carboxylic acids is 1. The van der Waals surface area contributed by atoms with Crippen LogP contribution in [0.1, 0.15) is 52.4 Å². The van der Waals surface area contributed by atoms with E-state index >= 15 is 0 Å². The zero-order chi connectivity index (χ0) is 11.7. The molecule has 0 aromatic carbocycles. The molecule has 0 amide bonds. The molecule has 0 atom stereocenters. The van der Waals surface area contributed by atoms with Gasteiger partial charge in [0.05, 0.1) is 0 Å². The Bertz CT molecular complexity index is 241. The first-order valence-electron chi connectivity index (χ1n) is 5.58. The van der Waals surface area contributed by atoms with Crippen LogP contribution in [0.4, 0.5) is 0 Å². The predicted molar refractivity (Wildman–Crippen MR) is 59.8 cm³/mol. The highest BCUT2D eigenvalue weighted by molar-refractivity contribution is 5.98. The lowest BCUT2D eigenvalue weighted by Crippen LogP contribution is -2.04. The SMILES string of the molecule is CCCCC/C(=C\C(=O)CCC)C(=O)O. The number of allylic oxidation sites excluding steroid dienone is 1. The summed E-state index contributed by atoms with van der Waals surface area (Å²) in [6.07, 6.45) is 5.89. The molecular weight excluding hydrogens is 192 g/mol. The van der Waals surface area contributed by atoms with Crippen molar-refractivity contribution in [3.8, 4) is 0 Å². The molecule has 0 saturated heterocycles. The van der Waals surface area contributed by atoms with Gasteiger partial charge in [-0.3, -0.25) is 4.79 Å². The lowest BCUT2D eigenvalue weighted by molar-refractivity contribution is -0.133. The van der Waals surface area contributed by atoms with E-state index in [1.807, 2.05) is 6.92 Å². The van der Waals surface area contributed by atoms with Crippen molar-refractivity contribution < 1.29 is 14.7 Å². The summed E-state index contributed by atoms with van der Waals surface area (Å²) in [7, 11) is 0. The number of carboxylic acid groups (broad SMARTS) is 1. The molecule has 0 rings (SSSR count). The van der Waals surface area contributed by atoms with E-state index in [1.54, 1.807) is 0 Å². The highest BCUT2D eigenvalue weighted by atomic mass is 16.4. The molecule has 0 radical (unpaired) electrons. The Balaban J connectivity index is 4.25. The second kappa shape index (κ2) is 8.21. The highest BCUT2D eigenvalue weighted by Crippen LogP contribution is 2.10. The van der Waals surface area contributed by atoms with Gasteiger partial charge in [0.15, 0.2) is 5.78 Å². The lowest BCUT2D eigenvalue weighted by atomic mass is 10.1. The molecular formula is C12H20O3. The summed E-state index contributed by atoms with van der Waals surface area (Å²) in [5.41, 5.74) is 0.252. The van der Waals surface area contributed by atoms with Crippen LogP contribution < -0.4 is 0 Å². The second-order valence-electron chi connectivity index (χ2n) is 3.65. The van der Waals surface area contributed by atoms with E-state index < -0.39 is 5.97 Å². The Kier molecular flexibility index (Phi) is 7.60. The Morgan fingerprint density at radius 3 is 2.20 bits per heavy atom. The summed E-state index contributed by atoms with van der Waals surface area (Å²) >= 11 is 0. The van der Waals surface area contributed by atoms with Gasteiger partial charge < -0.3 is 5.11 Å². The summed E-state index contributed by atoms with van der Waals surface area (Å²) in [4.78, 5) is 22.1. The van der Waals surface area contributed by atoms with E-state index in [9.17, 15) is 9.59 Å². The number of rotatable bonds is 8. The Labute approximate surface area is 91.2 Å². The van der Waals surface area contributed by atoms with Crippen LogP contribution in [0.25, 0.3) is 0 Å². The molecule has 1 N–H and O–H groups in total. The fraction of sp³-hybridized carbons (Fsp3) is 0.667. The van der Waals surface area contributed by atoms with Gasteiger partial charge in [0.1, 0.15) is 0 Å². The average Bonchev–Trinajstić information content (AvgIpc) is 2.16. The van der Waals surface area contributed by atoms with Gasteiger partial charge >= 0.3 is 5.97 Å². The molecule has 0 aromatic rings. The summed E-state index contributed by atoms with van der Waals surface area (Å²) in [6, 6.07) is 0. The maximum atomic E-state index is 11.3. The van der Waals surface area contributed by atoms with Gasteiger partial charge in [0.25, 0.3) is 0 Å². The van der Waals surface area contributed by atoms with Crippen LogP contribution in [0.2, 0.25) is 0 Å². The minimum absolute atomic E-state index is 0.0774. The van der Waals surface area contributed by atoms with Crippen molar-refractivity contribution in [1.82, 2.24) is 0 Å². The Morgan fingerprint density at radius 1 is 1.07 bits per heavy atom. The maximum Gasteiger partial charge on any atom is 0.331 e. The fourth-order valence-corrected chi connectivity index (χ4v) is 1.32. The summed E-state index contributed by atoms with van der Waals surface area (Å²) < 4.78 is 0. The quantitative estimate of drug-likeness (QED) is 0.497. The second-order valence-corrected chi connectivity index (χ2v) is 3.65. The minimum atomic E-state index is -0.962. The molecule has 86 valence electrons. The van der Waals surface area contributed by atoms with Crippen molar-refractivity contribution in [1.29, 1.82) is 0 Å². The van der Waals surface area contributed by atoms with E-state index in [0.29, 0.717) is 12.8 Å². The number of ketones is 1. The van der Waals surface area contributed by atoms with Crippen molar-refractivity contribution in [2.24, 2.45) is 0 Å². The summed E-state index contributed by atoms with van der Waals surface area (Å²) in [5.74, 6) is -1.04. The molecule has 0 fully saturated rings. The molecule has 15 heavy (non-hydrogen) atoms. The number of unbranched alkanes of at least 4 members (excludes halogenated alkanes) is 2. The van der Waals surface area contributed by atoms with Crippen molar-refractivity contribution in [3.63, 3.8) is 0 Å². The van der Waals surface area contributed by atoms with Crippen molar-refractivity contribution >= 4 is 11.8 Å². The summed E-state index contributed by atoms with van der Waals surface area (Å²) in [6.45, 7) is 3.97. The highest BCUT2D eigenvalue weighted by Gasteiger charge is 2.08. The van der Waals surface area contributed by atoms with Gasteiger partial charge in [0, 0.05) is 12.0 Å². The number of hydrogen-bond donors (Lipinski definition) is 1. The summed E-state index contributed by atoms with van der Waals surface area (Å²) in [5, 5.41) is 8.87. The molecule has 0 aliphatic heterocycles. The zero-order valence-corrected chi connectivity index (χ0v) is 9.58. The third kappa shape index (κ3) is 6.89. The number of carboxylic acids is 1. The van der Waals surface area contributed by atoms with Crippen LogP contribution in [-0.2, 0) is 9.59 Å². The molecule has 0 saturated carbocycles. The molecule has 0 aromatic heterocycles. The van der Waals surface area contributed by atoms with Gasteiger partial charge in [-0.05, 0) is 25.3 Å². The Morgan fingerprint density at radius 2 is 1.73 bits per heavy atom. The number of hydrogen-bond acceptors (Lipinski definition) is 2. The van der Waals surface area contributed by atoms with Crippen LogP contribution in [0, 0.1) is 0 Å². The van der Waals surface area contributed by atoms with Crippen LogP contribution >= 0.6 is 0 Å². The molecule has 0 unspecified atom stereocenters. The number of aliphatic carboxylic acids is 1. The first-order chi connectivity index (χ1) is 7.11. The van der Waals surface area contributed by atoms with E-state index in [1.165, 1.54) is 6.08 Å². The van der Waals surface area contributed by atoms with Crippen molar-refractivity contribution in [3.05, 3.63) is 11.6 Å². The maximum absolute atomic E-state index is 11.3. The van der Waals surface area contributed by atoms with Crippen molar-refractivity contribution in [2.75, 3.05) is 0 Å². The minimum Gasteiger partial charge on any atom is -0.478 e. The predicted octanol–water partition coefficient (Wildman–Crippen LogP) is 2.95. The van der Waals surface area contributed by atoms with Crippen molar-refractivity contribution in [2.45, 2.75) is 52.4 Å². The normalized spacial score (nSPS) is 11.5. The monoisotopic (exact) mass is 212 g/mol. The largest absolute Gasteiger partial charge is 0.478 e. The standard InChI is InChI=1S/C12H20O3/c1-3-5-6-8-10(12(14)15)9-11(13)7-4-2/h9H,3-8H2,1-2H3,(H,14,15)/b10-9+. The smallest absolute Gasteiger partial charge is 0.331 e. The van der Waals surface area contributed by atoms with Crippen LogP contribution in [0.5, 0.6) is 0 Å². The average molecular weight is 212 g/mol. The molecule has 0 aliphatic rings. The Hall–Kier alpha value is -1.12. The van der Waals surface area contributed by atoms with Gasteiger partial charge in [-0.2, -0.15) is 0 Å². The van der Waals surface area contributed by atoms with E-state index in [-0.39, 0.29) is 11.4 Å². The van der Waals surface area contributed by atoms with E-state index in [2.05, 4.69) is 6.92 Å². The van der Waals surface area contributed by atoms with Crippen LogP contribution in [0.15, 0.2) is 11.6 Å². The van der Waals surface area contributed by atoms with E-state index in [4.69, 9.17) is 5.11 Å². The molecule has 0 bridgehead atoms. The fourth-order valence-electron chi connectivity index (χ4n) is 1.32. The third-order valence-electron chi connectivity index (χ3n) is 2.16.